The highest BCUT2D eigenvalue weighted by Crippen LogP contribution is 2.41. The summed E-state index contributed by atoms with van der Waals surface area (Å²) in [5, 5.41) is 10.7. The summed E-state index contributed by atoms with van der Waals surface area (Å²) in [5.41, 5.74) is 0.361. The van der Waals surface area contributed by atoms with Crippen LogP contribution in [0, 0.1) is 6.92 Å². The Morgan fingerprint density at radius 3 is 2.47 bits per heavy atom. The van der Waals surface area contributed by atoms with Crippen molar-refractivity contribution in [1.82, 2.24) is 0 Å². The number of cyclic esters (lactones) is 1. The number of ether oxygens (including phenoxy) is 2. The van der Waals surface area contributed by atoms with Gasteiger partial charge in [0.2, 0.25) is 0 Å². The standard InChI is InChI=1S/C14H15ClO4/c1-7-5-8(15)6-9(18-4)10(7)11-12(16)14(2,3)19-13(11)17/h5-6,16H,1-4H3. The van der Waals surface area contributed by atoms with Gasteiger partial charge in [0.05, 0.1) is 7.11 Å². The molecule has 0 atom stereocenters. The van der Waals surface area contributed by atoms with Gasteiger partial charge in [-0.3, -0.25) is 0 Å². The van der Waals surface area contributed by atoms with E-state index in [2.05, 4.69) is 0 Å². The first-order valence-electron chi connectivity index (χ1n) is 5.79. The minimum absolute atomic E-state index is 0.0961. The molecule has 4 nitrogen and oxygen atoms in total. The molecule has 0 saturated carbocycles. The van der Waals surface area contributed by atoms with E-state index in [1.165, 1.54) is 7.11 Å². The third-order valence-electron chi connectivity index (χ3n) is 3.09. The third kappa shape index (κ3) is 2.16. The van der Waals surface area contributed by atoms with Crippen LogP contribution in [0.5, 0.6) is 5.75 Å². The largest absolute Gasteiger partial charge is 0.507 e. The summed E-state index contributed by atoms with van der Waals surface area (Å²) < 4.78 is 10.4. The fourth-order valence-electron chi connectivity index (χ4n) is 2.14. The zero-order valence-corrected chi connectivity index (χ0v) is 12.0. The number of methoxy groups -OCH3 is 1. The summed E-state index contributed by atoms with van der Waals surface area (Å²) in [7, 11) is 1.48. The first kappa shape index (κ1) is 13.7. The molecule has 0 fully saturated rings. The molecule has 0 amide bonds. The number of rotatable bonds is 2. The molecule has 1 heterocycles. The van der Waals surface area contributed by atoms with Gasteiger partial charge in [-0.15, -0.1) is 0 Å². The van der Waals surface area contributed by atoms with E-state index in [9.17, 15) is 9.90 Å². The average molecular weight is 283 g/mol. The Kier molecular flexibility index (Phi) is 3.22. The third-order valence-corrected chi connectivity index (χ3v) is 3.31. The lowest BCUT2D eigenvalue weighted by molar-refractivity contribution is -0.143. The number of hydrogen-bond acceptors (Lipinski definition) is 4. The van der Waals surface area contributed by atoms with Gasteiger partial charge in [-0.2, -0.15) is 0 Å². The van der Waals surface area contributed by atoms with Crippen molar-refractivity contribution in [1.29, 1.82) is 0 Å². The molecular formula is C14H15ClO4. The van der Waals surface area contributed by atoms with E-state index in [1.807, 2.05) is 0 Å². The van der Waals surface area contributed by atoms with Crippen LogP contribution in [0.15, 0.2) is 17.9 Å². The van der Waals surface area contributed by atoms with E-state index in [0.29, 0.717) is 16.3 Å². The smallest absolute Gasteiger partial charge is 0.343 e. The van der Waals surface area contributed by atoms with Crippen molar-refractivity contribution in [3.8, 4) is 5.75 Å². The lowest BCUT2D eigenvalue weighted by atomic mass is 9.96. The fourth-order valence-corrected chi connectivity index (χ4v) is 2.41. The van der Waals surface area contributed by atoms with Gasteiger partial charge in [0.15, 0.2) is 11.4 Å². The summed E-state index contributed by atoms with van der Waals surface area (Å²) in [6.07, 6.45) is 0. The highest BCUT2D eigenvalue weighted by Gasteiger charge is 2.42. The predicted molar refractivity (Wildman–Crippen MR) is 72.5 cm³/mol. The highest BCUT2D eigenvalue weighted by atomic mass is 35.5. The number of esters is 1. The van der Waals surface area contributed by atoms with Gasteiger partial charge in [0.25, 0.3) is 0 Å². The number of aliphatic hydroxyl groups excluding tert-OH is 1. The molecule has 0 radical (unpaired) electrons. The molecule has 1 aliphatic heterocycles. The molecule has 5 heteroatoms. The van der Waals surface area contributed by atoms with Crippen molar-refractivity contribution in [3.63, 3.8) is 0 Å². The van der Waals surface area contributed by atoms with Crippen molar-refractivity contribution in [3.05, 3.63) is 34.0 Å². The van der Waals surface area contributed by atoms with E-state index < -0.39 is 11.6 Å². The Balaban J connectivity index is 2.73. The Morgan fingerprint density at radius 2 is 2.00 bits per heavy atom. The maximum Gasteiger partial charge on any atom is 0.343 e. The molecule has 19 heavy (non-hydrogen) atoms. The van der Waals surface area contributed by atoms with Crippen molar-refractivity contribution >= 4 is 23.1 Å². The van der Waals surface area contributed by atoms with Crippen LogP contribution >= 0.6 is 11.6 Å². The quantitative estimate of drug-likeness (QED) is 0.846. The Hall–Kier alpha value is -1.68. The molecular weight excluding hydrogens is 268 g/mol. The predicted octanol–water partition coefficient (Wildman–Crippen LogP) is 3.26. The molecule has 1 N–H and O–H groups in total. The van der Waals surface area contributed by atoms with Crippen LogP contribution in [0.4, 0.5) is 0 Å². The van der Waals surface area contributed by atoms with Gasteiger partial charge in [0, 0.05) is 10.6 Å². The first-order chi connectivity index (χ1) is 8.77. The van der Waals surface area contributed by atoms with E-state index in [1.54, 1.807) is 32.9 Å². The van der Waals surface area contributed by atoms with Gasteiger partial charge in [-0.05, 0) is 38.5 Å². The van der Waals surface area contributed by atoms with Crippen molar-refractivity contribution in [2.45, 2.75) is 26.4 Å². The maximum absolute atomic E-state index is 12.0. The van der Waals surface area contributed by atoms with E-state index in [-0.39, 0.29) is 11.3 Å². The number of aliphatic hydroxyl groups is 1. The number of carbonyl (C=O) groups is 1. The summed E-state index contributed by atoms with van der Waals surface area (Å²) in [6, 6.07) is 3.31. The molecule has 0 aromatic heterocycles. The van der Waals surface area contributed by atoms with E-state index in [4.69, 9.17) is 21.1 Å². The first-order valence-corrected chi connectivity index (χ1v) is 6.17. The second kappa shape index (κ2) is 4.46. The molecule has 102 valence electrons. The normalized spacial score (nSPS) is 17.6. The maximum atomic E-state index is 12.0. The number of benzene rings is 1. The second-order valence-electron chi connectivity index (χ2n) is 4.92. The number of halogens is 1. The topological polar surface area (TPSA) is 55.8 Å². The minimum Gasteiger partial charge on any atom is -0.507 e. The molecule has 0 aliphatic carbocycles. The lowest BCUT2D eigenvalue weighted by Crippen LogP contribution is -2.22. The summed E-state index contributed by atoms with van der Waals surface area (Å²) in [6.45, 7) is 5.05. The summed E-state index contributed by atoms with van der Waals surface area (Å²) >= 11 is 5.96. The SMILES string of the molecule is COc1cc(Cl)cc(C)c1C1=C(O)C(C)(C)OC1=O. The molecule has 1 aliphatic rings. The highest BCUT2D eigenvalue weighted by molar-refractivity contribution is 6.31. The van der Waals surface area contributed by atoms with Gasteiger partial charge >= 0.3 is 5.97 Å². The van der Waals surface area contributed by atoms with E-state index >= 15 is 0 Å². The molecule has 0 unspecified atom stereocenters. The number of hydrogen-bond donors (Lipinski definition) is 1. The Morgan fingerprint density at radius 1 is 1.37 bits per heavy atom. The van der Waals surface area contributed by atoms with Crippen LogP contribution in [0.1, 0.15) is 25.0 Å². The molecule has 1 aromatic carbocycles. The van der Waals surface area contributed by atoms with Gasteiger partial charge in [0.1, 0.15) is 11.3 Å². The van der Waals surface area contributed by atoms with Crippen LogP contribution in [0.3, 0.4) is 0 Å². The lowest BCUT2D eigenvalue weighted by Gasteiger charge is -2.16. The van der Waals surface area contributed by atoms with Crippen LogP contribution in [-0.2, 0) is 9.53 Å². The Labute approximate surface area is 116 Å². The number of aryl methyl sites for hydroxylation is 1. The van der Waals surface area contributed by atoms with Crippen LogP contribution in [-0.4, -0.2) is 23.8 Å². The molecule has 2 rings (SSSR count). The number of carbonyl (C=O) groups excluding carboxylic acids is 1. The Bertz CT molecular complexity index is 587. The van der Waals surface area contributed by atoms with Crippen molar-refractivity contribution in [2.24, 2.45) is 0 Å². The van der Waals surface area contributed by atoms with E-state index in [0.717, 1.165) is 5.56 Å². The van der Waals surface area contributed by atoms with Gasteiger partial charge in [-0.25, -0.2) is 4.79 Å². The minimum atomic E-state index is -1.02. The zero-order valence-electron chi connectivity index (χ0n) is 11.2. The van der Waals surface area contributed by atoms with Gasteiger partial charge < -0.3 is 14.6 Å². The van der Waals surface area contributed by atoms with Crippen LogP contribution in [0.25, 0.3) is 5.57 Å². The van der Waals surface area contributed by atoms with Crippen molar-refractivity contribution in [2.75, 3.05) is 7.11 Å². The molecule has 0 bridgehead atoms. The molecule has 0 saturated heterocycles. The summed E-state index contributed by atoms with van der Waals surface area (Å²) in [5.74, 6) is -0.228. The monoisotopic (exact) mass is 282 g/mol. The zero-order chi connectivity index (χ0) is 14.4. The average Bonchev–Trinajstić information content (AvgIpc) is 2.49. The fraction of sp³-hybridized carbons (Fsp3) is 0.357. The summed E-state index contributed by atoms with van der Waals surface area (Å²) in [4.78, 5) is 12.0. The second-order valence-corrected chi connectivity index (χ2v) is 5.36. The molecule has 0 spiro atoms. The van der Waals surface area contributed by atoms with Gasteiger partial charge in [-0.1, -0.05) is 11.6 Å². The molecule has 1 aromatic rings. The van der Waals surface area contributed by atoms with Crippen LogP contribution in [0.2, 0.25) is 5.02 Å². The van der Waals surface area contributed by atoms with Crippen LogP contribution < -0.4 is 4.74 Å². The van der Waals surface area contributed by atoms with Crippen molar-refractivity contribution < 1.29 is 19.4 Å².